The van der Waals surface area contributed by atoms with Crippen LogP contribution in [0, 0.1) is 6.92 Å². The van der Waals surface area contributed by atoms with Crippen LogP contribution in [0.5, 0.6) is 0 Å². The zero-order valence-electron chi connectivity index (χ0n) is 21.1. The van der Waals surface area contributed by atoms with E-state index >= 15 is 0 Å². The third-order valence-electron chi connectivity index (χ3n) is 6.61. The Bertz CT molecular complexity index is 1770. The second-order valence-corrected chi connectivity index (χ2v) is 11.6. The molecule has 1 aromatic carbocycles. The molecule has 1 amide bonds. The van der Waals surface area contributed by atoms with Gasteiger partial charge in [-0.1, -0.05) is 17.3 Å². The third kappa shape index (κ3) is 5.23. The van der Waals surface area contributed by atoms with Gasteiger partial charge in [0.2, 0.25) is 0 Å². The molecule has 0 spiro atoms. The van der Waals surface area contributed by atoms with Crippen LogP contribution >= 0.6 is 0 Å². The van der Waals surface area contributed by atoms with Crippen LogP contribution in [0.2, 0.25) is 0 Å². The van der Waals surface area contributed by atoms with Gasteiger partial charge in [-0.2, -0.15) is 23.0 Å². The van der Waals surface area contributed by atoms with Crippen LogP contribution in [0.4, 0.5) is 13.2 Å². The van der Waals surface area contributed by atoms with E-state index in [2.05, 4.69) is 25.7 Å². The standard InChI is InChI=1S/C25H22F3N7O4S/c1-14-19(4-3-5-20(14)25(26,27)28)15(2)31-24(37)21-6-7-23(36)35(32-21)17-8-16(9-29-10-17)22-11-30-33-34(22)18-12-40(38,39)13-18/h3-11,15,18H,12-13H2,1-2H3,(H,31,37)/t15-/m1/s1. The minimum atomic E-state index is -4.53. The van der Waals surface area contributed by atoms with Gasteiger partial charge in [0.25, 0.3) is 11.5 Å². The van der Waals surface area contributed by atoms with Crippen LogP contribution in [-0.2, 0) is 16.0 Å². The number of carbonyl (C=O) groups is 1. The van der Waals surface area contributed by atoms with Crippen LogP contribution in [0.15, 0.2) is 59.8 Å². The molecule has 1 fully saturated rings. The van der Waals surface area contributed by atoms with E-state index in [1.807, 2.05) is 0 Å². The van der Waals surface area contributed by atoms with Crippen molar-refractivity contribution in [3.05, 3.63) is 87.7 Å². The fourth-order valence-corrected chi connectivity index (χ4v) is 5.93. The Morgan fingerprint density at radius 2 is 1.88 bits per heavy atom. The van der Waals surface area contributed by atoms with E-state index in [0.29, 0.717) is 11.3 Å². The van der Waals surface area contributed by atoms with Crippen LogP contribution in [0.25, 0.3) is 16.9 Å². The first-order valence-electron chi connectivity index (χ1n) is 12.0. The van der Waals surface area contributed by atoms with Gasteiger partial charge >= 0.3 is 6.18 Å². The summed E-state index contributed by atoms with van der Waals surface area (Å²) in [7, 11) is -3.11. The zero-order chi connectivity index (χ0) is 28.8. The molecule has 15 heteroatoms. The van der Waals surface area contributed by atoms with E-state index in [-0.39, 0.29) is 40.1 Å². The van der Waals surface area contributed by atoms with Crippen molar-refractivity contribution in [1.82, 2.24) is 35.1 Å². The lowest BCUT2D eigenvalue weighted by molar-refractivity contribution is -0.138. The average molecular weight is 574 g/mol. The summed E-state index contributed by atoms with van der Waals surface area (Å²) < 4.78 is 65.7. The number of pyridine rings is 1. The van der Waals surface area contributed by atoms with Gasteiger partial charge in [0.15, 0.2) is 9.84 Å². The minimum absolute atomic E-state index is 0.00292. The van der Waals surface area contributed by atoms with Crippen LogP contribution < -0.4 is 10.9 Å². The van der Waals surface area contributed by atoms with Crippen molar-refractivity contribution in [2.45, 2.75) is 32.1 Å². The molecule has 1 aliphatic rings. The number of nitrogens with one attached hydrogen (secondary N) is 1. The SMILES string of the molecule is Cc1c([C@@H](C)NC(=O)c2ccc(=O)n(-c3cncc(-c4cnnn4C4CS(=O)(=O)C4)c3)n2)cccc1C(F)(F)F. The summed E-state index contributed by atoms with van der Waals surface area (Å²) in [6.07, 6.45) is -0.238. The summed E-state index contributed by atoms with van der Waals surface area (Å²) in [5, 5.41) is 14.6. The maximum Gasteiger partial charge on any atom is 0.416 e. The fraction of sp³-hybridized carbons (Fsp3) is 0.280. The van der Waals surface area contributed by atoms with Gasteiger partial charge in [-0.05, 0) is 43.2 Å². The van der Waals surface area contributed by atoms with E-state index in [1.54, 1.807) is 13.0 Å². The summed E-state index contributed by atoms with van der Waals surface area (Å²) in [6, 6.07) is 6.51. The minimum Gasteiger partial charge on any atom is -0.344 e. The van der Waals surface area contributed by atoms with E-state index in [1.165, 1.54) is 48.4 Å². The highest BCUT2D eigenvalue weighted by molar-refractivity contribution is 7.92. The molecule has 4 heterocycles. The first kappa shape index (κ1) is 27.2. The Morgan fingerprint density at radius 3 is 2.58 bits per heavy atom. The van der Waals surface area contributed by atoms with Gasteiger partial charge in [0.1, 0.15) is 5.69 Å². The van der Waals surface area contributed by atoms with Crippen molar-refractivity contribution in [1.29, 1.82) is 0 Å². The van der Waals surface area contributed by atoms with E-state index in [9.17, 15) is 31.2 Å². The zero-order valence-corrected chi connectivity index (χ0v) is 21.9. The number of amides is 1. The third-order valence-corrected chi connectivity index (χ3v) is 8.39. The molecular formula is C25H22F3N7O4S. The number of alkyl halides is 3. The molecule has 0 unspecified atom stereocenters. The second-order valence-electron chi connectivity index (χ2n) is 9.41. The number of rotatable bonds is 6. The predicted octanol–water partition coefficient (Wildman–Crippen LogP) is 2.67. The molecule has 0 saturated carbocycles. The maximum absolute atomic E-state index is 13.3. The highest BCUT2D eigenvalue weighted by Gasteiger charge is 2.37. The average Bonchev–Trinajstić information content (AvgIpc) is 3.36. The number of sulfone groups is 1. The van der Waals surface area contributed by atoms with Crippen molar-refractivity contribution in [3.63, 3.8) is 0 Å². The molecular weight excluding hydrogens is 551 g/mol. The quantitative estimate of drug-likeness (QED) is 0.371. The summed E-state index contributed by atoms with van der Waals surface area (Å²) in [4.78, 5) is 29.8. The smallest absolute Gasteiger partial charge is 0.344 e. The molecule has 3 aromatic heterocycles. The van der Waals surface area contributed by atoms with Gasteiger partial charge in [0, 0.05) is 17.8 Å². The number of hydrogen-bond acceptors (Lipinski definition) is 8. The number of carbonyl (C=O) groups excluding carboxylic acids is 1. The van der Waals surface area contributed by atoms with Crippen LogP contribution in [0.3, 0.4) is 0 Å². The molecule has 0 radical (unpaired) electrons. The number of hydrogen-bond donors (Lipinski definition) is 1. The van der Waals surface area contributed by atoms with Crippen molar-refractivity contribution in [2.75, 3.05) is 11.5 Å². The molecule has 5 rings (SSSR count). The Morgan fingerprint density at radius 1 is 1.12 bits per heavy atom. The summed E-state index contributed by atoms with van der Waals surface area (Å²) in [5.74, 6) is -0.823. The van der Waals surface area contributed by atoms with Gasteiger partial charge < -0.3 is 5.32 Å². The van der Waals surface area contributed by atoms with Crippen molar-refractivity contribution in [2.24, 2.45) is 0 Å². The van der Waals surface area contributed by atoms with Crippen molar-refractivity contribution in [3.8, 4) is 16.9 Å². The van der Waals surface area contributed by atoms with Gasteiger partial charge in [-0.25, -0.2) is 13.1 Å². The van der Waals surface area contributed by atoms with E-state index in [0.717, 1.165) is 16.8 Å². The van der Waals surface area contributed by atoms with E-state index in [4.69, 9.17) is 0 Å². The van der Waals surface area contributed by atoms with E-state index < -0.39 is 39.1 Å². The second kappa shape index (κ2) is 9.97. The first-order chi connectivity index (χ1) is 18.8. The first-order valence-corrected chi connectivity index (χ1v) is 13.8. The number of nitrogens with zero attached hydrogens (tertiary/aromatic N) is 6. The molecule has 0 aliphatic carbocycles. The van der Waals surface area contributed by atoms with Gasteiger partial charge in [-0.15, -0.1) is 5.10 Å². The number of halogens is 3. The molecule has 1 saturated heterocycles. The predicted molar refractivity (Wildman–Crippen MR) is 136 cm³/mol. The number of benzene rings is 1. The lowest BCUT2D eigenvalue weighted by atomic mass is 9.97. The largest absolute Gasteiger partial charge is 0.416 e. The number of aromatic nitrogens is 6. The normalized spacial score (nSPS) is 15.8. The Hall–Kier alpha value is -4.40. The molecule has 4 aromatic rings. The molecule has 1 atom stereocenters. The maximum atomic E-state index is 13.3. The Balaban J connectivity index is 1.41. The Labute approximate surface area is 225 Å². The van der Waals surface area contributed by atoms with Crippen LogP contribution in [0.1, 0.15) is 46.2 Å². The van der Waals surface area contributed by atoms with Crippen molar-refractivity contribution >= 4 is 15.7 Å². The monoisotopic (exact) mass is 573 g/mol. The molecule has 40 heavy (non-hydrogen) atoms. The van der Waals surface area contributed by atoms with Crippen LogP contribution in [-0.4, -0.2) is 55.6 Å². The highest BCUT2D eigenvalue weighted by atomic mass is 32.2. The Kier molecular flexibility index (Phi) is 6.77. The van der Waals surface area contributed by atoms with Crippen molar-refractivity contribution < 1.29 is 26.4 Å². The summed E-state index contributed by atoms with van der Waals surface area (Å²) >= 11 is 0. The van der Waals surface area contributed by atoms with Gasteiger partial charge in [0.05, 0.1) is 52.9 Å². The molecule has 1 N–H and O–H groups in total. The summed E-state index contributed by atoms with van der Waals surface area (Å²) in [5.41, 5.74) is -0.0180. The fourth-order valence-electron chi connectivity index (χ4n) is 4.58. The lowest BCUT2D eigenvalue weighted by Gasteiger charge is -2.26. The van der Waals surface area contributed by atoms with Gasteiger partial charge in [-0.3, -0.25) is 14.6 Å². The molecule has 1 aliphatic heterocycles. The summed E-state index contributed by atoms with van der Waals surface area (Å²) in [6.45, 7) is 2.89. The molecule has 208 valence electrons. The lowest BCUT2D eigenvalue weighted by Crippen LogP contribution is -2.39. The topological polar surface area (TPSA) is 142 Å². The molecule has 11 nitrogen and oxygen atoms in total. The highest BCUT2D eigenvalue weighted by Crippen LogP contribution is 2.34. The molecule has 0 bridgehead atoms.